The van der Waals surface area contributed by atoms with E-state index in [1.807, 2.05) is 44.2 Å². The molecule has 1 aromatic heterocycles. The molecule has 2 amide bonds. The van der Waals surface area contributed by atoms with Gasteiger partial charge in [0.2, 0.25) is 5.91 Å². The van der Waals surface area contributed by atoms with Crippen LogP contribution in [0.2, 0.25) is 0 Å². The van der Waals surface area contributed by atoms with Gasteiger partial charge in [-0.1, -0.05) is 44.2 Å². The summed E-state index contributed by atoms with van der Waals surface area (Å²) in [5.74, 6) is -2.75. The van der Waals surface area contributed by atoms with Gasteiger partial charge in [-0.3, -0.25) is 14.6 Å². The Morgan fingerprint density at radius 1 is 1.03 bits per heavy atom. The van der Waals surface area contributed by atoms with Gasteiger partial charge in [-0.25, -0.2) is 14.6 Å². The standard InChI is InChI=1S/C26H34BN5O6/c1-16(2)13-22(27-32(5,17(3)25(35)37-27)18(4)26(36)38-27)31-23(33)20(14-19-9-7-6-8-10-19)30-24(34)21-15-28-11-12-29-21/h6-12,15-18,20,22H,13-14H2,1-5H3,(H,30,34)(H,31,33)/t17-,18-,20-,22-,27?,32?/m0/s1. The zero-order valence-corrected chi connectivity index (χ0v) is 22.3. The van der Waals surface area contributed by atoms with Crippen molar-refractivity contribution in [3.8, 4) is 0 Å². The van der Waals surface area contributed by atoms with E-state index in [1.165, 1.54) is 18.6 Å². The predicted octanol–water partition coefficient (Wildman–Crippen LogP) is 1.16. The van der Waals surface area contributed by atoms with Gasteiger partial charge in [-0.05, 0) is 31.7 Å². The van der Waals surface area contributed by atoms with Crippen LogP contribution in [-0.2, 0) is 30.1 Å². The summed E-state index contributed by atoms with van der Waals surface area (Å²) in [6.45, 7) is 4.73. The third kappa shape index (κ3) is 4.76. The molecule has 4 atom stereocenters. The molecule has 2 aromatic rings. The molecule has 0 aliphatic carbocycles. The quantitative estimate of drug-likeness (QED) is 0.468. The molecule has 2 saturated heterocycles. The summed E-state index contributed by atoms with van der Waals surface area (Å²) in [7, 11) is 1.77. The van der Waals surface area contributed by atoms with E-state index in [-0.39, 0.29) is 22.4 Å². The second-order valence-electron chi connectivity index (χ2n) is 10.7. The summed E-state index contributed by atoms with van der Waals surface area (Å²) in [6, 6.07) is 6.98. The molecule has 38 heavy (non-hydrogen) atoms. The number of fused-ring (bicyclic) bond motifs is 1. The van der Waals surface area contributed by atoms with E-state index in [2.05, 4.69) is 20.6 Å². The molecule has 2 aliphatic rings. The van der Waals surface area contributed by atoms with Gasteiger partial charge in [-0.2, -0.15) is 0 Å². The van der Waals surface area contributed by atoms with Crippen molar-refractivity contribution in [2.45, 2.75) is 64.6 Å². The van der Waals surface area contributed by atoms with E-state index >= 15 is 0 Å². The Hall–Kier alpha value is -3.80. The van der Waals surface area contributed by atoms with Gasteiger partial charge in [0, 0.05) is 25.9 Å². The Labute approximate surface area is 221 Å². The second-order valence-corrected chi connectivity index (χ2v) is 10.7. The second kappa shape index (κ2) is 10.5. The number of likely N-dealkylation sites (N-methyl/N-ethyl adjacent to an activating group) is 1. The summed E-state index contributed by atoms with van der Waals surface area (Å²) >= 11 is 0. The Bertz CT molecular complexity index is 1190. The molecule has 2 N–H and O–H groups in total. The number of benzene rings is 1. The molecular weight excluding hydrogens is 489 g/mol. The van der Waals surface area contributed by atoms with Crippen molar-refractivity contribution in [1.82, 2.24) is 20.6 Å². The average Bonchev–Trinajstić information content (AvgIpc) is 3.21. The first-order valence-electron chi connectivity index (χ1n) is 12.9. The van der Waals surface area contributed by atoms with Gasteiger partial charge in [0.1, 0.15) is 23.8 Å². The largest absolute Gasteiger partial charge is 0.605 e. The Balaban J connectivity index is 1.67. The first kappa shape index (κ1) is 27.2. The van der Waals surface area contributed by atoms with Crippen molar-refractivity contribution >= 4 is 30.4 Å². The van der Waals surface area contributed by atoms with E-state index < -0.39 is 54.5 Å². The van der Waals surface area contributed by atoms with Crippen molar-refractivity contribution < 1.29 is 32.9 Å². The molecule has 4 rings (SSSR count). The molecule has 0 saturated carbocycles. The fourth-order valence-electron chi connectivity index (χ4n) is 5.58. The average molecular weight is 523 g/mol. The molecule has 12 heteroatoms. The van der Waals surface area contributed by atoms with E-state index in [9.17, 15) is 19.2 Å². The van der Waals surface area contributed by atoms with Crippen LogP contribution in [0.15, 0.2) is 48.9 Å². The SMILES string of the molecule is CC(C)C[C@H](NC(=O)[C@H](Cc1ccccc1)NC(=O)c1cnccn1)[B-]12OC(=O)[C@H](C)[N+]1(C)[C@@H](C)C(=O)O2. The fourth-order valence-corrected chi connectivity index (χ4v) is 5.58. The molecule has 11 nitrogen and oxygen atoms in total. The first-order chi connectivity index (χ1) is 18.0. The number of hydrogen-bond donors (Lipinski definition) is 2. The zero-order chi connectivity index (χ0) is 27.7. The van der Waals surface area contributed by atoms with Crippen LogP contribution >= 0.6 is 0 Å². The van der Waals surface area contributed by atoms with Gasteiger partial charge in [-0.15, -0.1) is 0 Å². The van der Waals surface area contributed by atoms with Crippen LogP contribution in [0.1, 0.15) is 50.2 Å². The number of rotatable bonds is 9. The highest BCUT2D eigenvalue weighted by molar-refractivity contribution is 6.68. The third-order valence-corrected chi connectivity index (χ3v) is 7.96. The normalized spacial score (nSPS) is 27.7. The van der Waals surface area contributed by atoms with Crippen LogP contribution in [0.5, 0.6) is 0 Å². The van der Waals surface area contributed by atoms with Crippen molar-refractivity contribution in [2.24, 2.45) is 5.92 Å². The Morgan fingerprint density at radius 2 is 1.66 bits per heavy atom. The zero-order valence-electron chi connectivity index (χ0n) is 22.3. The van der Waals surface area contributed by atoms with E-state index in [1.54, 1.807) is 20.9 Å². The molecule has 0 unspecified atom stereocenters. The fraction of sp³-hybridized carbons (Fsp3) is 0.462. The lowest BCUT2D eigenvalue weighted by Crippen LogP contribution is -2.74. The maximum Gasteiger partial charge on any atom is 0.605 e. The molecule has 0 spiro atoms. The summed E-state index contributed by atoms with van der Waals surface area (Å²) < 4.78 is 11.7. The van der Waals surface area contributed by atoms with Crippen LogP contribution < -0.4 is 10.6 Å². The molecule has 2 fully saturated rings. The lowest BCUT2D eigenvalue weighted by Gasteiger charge is -2.49. The topological polar surface area (TPSA) is 137 Å². The Kier molecular flexibility index (Phi) is 7.55. The number of nitrogens with one attached hydrogen (secondary N) is 2. The molecule has 0 radical (unpaired) electrons. The van der Waals surface area contributed by atoms with E-state index in [4.69, 9.17) is 9.31 Å². The van der Waals surface area contributed by atoms with E-state index in [0.29, 0.717) is 6.42 Å². The van der Waals surface area contributed by atoms with Gasteiger partial charge < -0.3 is 24.3 Å². The highest BCUT2D eigenvalue weighted by atomic mass is 16.7. The first-order valence-corrected chi connectivity index (χ1v) is 12.9. The molecule has 1 aromatic carbocycles. The number of nitrogens with zero attached hydrogens (tertiary/aromatic N) is 3. The van der Waals surface area contributed by atoms with Crippen LogP contribution in [0, 0.1) is 5.92 Å². The minimum atomic E-state index is -2.61. The summed E-state index contributed by atoms with van der Waals surface area (Å²) in [4.78, 5) is 60.3. The third-order valence-electron chi connectivity index (χ3n) is 7.96. The van der Waals surface area contributed by atoms with Gasteiger partial charge in [0.25, 0.3) is 5.91 Å². The lowest BCUT2D eigenvalue weighted by molar-refractivity contribution is -0.840. The maximum absolute atomic E-state index is 13.8. The number of quaternary nitrogens is 1. The van der Waals surface area contributed by atoms with Crippen molar-refractivity contribution in [2.75, 3.05) is 7.05 Å². The number of aromatic nitrogens is 2. The van der Waals surface area contributed by atoms with Crippen LogP contribution in [0.25, 0.3) is 0 Å². The number of amides is 2. The molecular formula is C26H34BN5O6. The van der Waals surface area contributed by atoms with Crippen molar-refractivity contribution in [3.05, 3.63) is 60.2 Å². The molecule has 3 heterocycles. The van der Waals surface area contributed by atoms with Crippen molar-refractivity contribution in [1.29, 1.82) is 0 Å². The minimum absolute atomic E-state index is 0.0657. The number of hydrogen-bond acceptors (Lipinski definition) is 8. The Morgan fingerprint density at radius 3 is 2.21 bits per heavy atom. The summed E-state index contributed by atoms with van der Waals surface area (Å²) in [5.41, 5.74) is 0.903. The highest BCUT2D eigenvalue weighted by Crippen LogP contribution is 2.44. The highest BCUT2D eigenvalue weighted by Gasteiger charge is 2.74. The van der Waals surface area contributed by atoms with Crippen LogP contribution in [0.4, 0.5) is 0 Å². The molecule has 2 aliphatic heterocycles. The van der Waals surface area contributed by atoms with Crippen LogP contribution in [-0.4, -0.2) is 75.9 Å². The smallest absolute Gasteiger partial charge is 0.599 e. The minimum Gasteiger partial charge on any atom is -0.599 e. The number of carbonyl (C=O) groups excluding carboxylic acids is 4. The maximum atomic E-state index is 13.8. The van der Waals surface area contributed by atoms with Gasteiger partial charge in [0.05, 0.1) is 12.1 Å². The van der Waals surface area contributed by atoms with Gasteiger partial charge in [0.15, 0.2) is 0 Å². The van der Waals surface area contributed by atoms with Crippen molar-refractivity contribution in [3.63, 3.8) is 0 Å². The van der Waals surface area contributed by atoms with Gasteiger partial charge >= 0.3 is 18.6 Å². The monoisotopic (exact) mass is 523 g/mol. The molecule has 0 bridgehead atoms. The predicted molar refractivity (Wildman–Crippen MR) is 138 cm³/mol. The lowest BCUT2D eigenvalue weighted by atomic mass is 9.57. The number of carbonyl (C=O) groups is 4. The van der Waals surface area contributed by atoms with Crippen LogP contribution in [0.3, 0.4) is 0 Å². The summed E-state index contributed by atoms with van der Waals surface area (Å²) in [5, 5.41) is 5.77. The molecule has 202 valence electrons. The van der Waals surface area contributed by atoms with E-state index in [0.717, 1.165) is 5.56 Å². The summed E-state index contributed by atoms with van der Waals surface area (Å²) in [6.07, 6.45) is 4.75.